The maximum absolute atomic E-state index is 9.79. The number of aromatic hydroxyl groups is 1. The summed E-state index contributed by atoms with van der Waals surface area (Å²) in [6.07, 6.45) is 1.98. The number of aromatic nitrogens is 2. The van der Waals surface area contributed by atoms with Crippen LogP contribution in [0.15, 0.2) is 29.6 Å². The maximum atomic E-state index is 9.79. The monoisotopic (exact) mass is 264 g/mol. The standard InChI is InChI=1S/C13H16N2O2S/c1-9-7-15(2)13(14-9)18-8-10-6-11(17-3)4-5-12(10)16/h4-7,16H,8H2,1-3H3. The van der Waals surface area contributed by atoms with Crippen LogP contribution < -0.4 is 4.74 Å². The molecule has 0 aliphatic carbocycles. The molecule has 96 valence electrons. The lowest BCUT2D eigenvalue weighted by atomic mass is 10.2. The van der Waals surface area contributed by atoms with E-state index in [1.54, 1.807) is 31.0 Å². The van der Waals surface area contributed by atoms with Crippen LogP contribution in [0.25, 0.3) is 0 Å². The van der Waals surface area contributed by atoms with Crippen LogP contribution in [-0.2, 0) is 12.8 Å². The van der Waals surface area contributed by atoms with Crippen LogP contribution in [0.5, 0.6) is 11.5 Å². The molecule has 4 nitrogen and oxygen atoms in total. The largest absolute Gasteiger partial charge is 0.508 e. The molecule has 0 spiro atoms. The van der Waals surface area contributed by atoms with Gasteiger partial charge in [0.1, 0.15) is 11.5 Å². The average molecular weight is 264 g/mol. The number of thioether (sulfide) groups is 1. The third-order valence-corrected chi connectivity index (χ3v) is 3.69. The Kier molecular flexibility index (Phi) is 3.81. The summed E-state index contributed by atoms with van der Waals surface area (Å²) in [5.41, 5.74) is 1.84. The molecule has 18 heavy (non-hydrogen) atoms. The summed E-state index contributed by atoms with van der Waals surface area (Å²) >= 11 is 1.59. The van der Waals surface area contributed by atoms with Crippen LogP contribution in [-0.4, -0.2) is 21.8 Å². The van der Waals surface area contributed by atoms with Crippen molar-refractivity contribution in [1.82, 2.24) is 9.55 Å². The van der Waals surface area contributed by atoms with Crippen molar-refractivity contribution in [2.75, 3.05) is 7.11 Å². The van der Waals surface area contributed by atoms with E-state index in [9.17, 15) is 5.11 Å². The van der Waals surface area contributed by atoms with Gasteiger partial charge in [0.15, 0.2) is 5.16 Å². The van der Waals surface area contributed by atoms with Crippen molar-refractivity contribution < 1.29 is 9.84 Å². The van der Waals surface area contributed by atoms with Gasteiger partial charge in [-0.1, -0.05) is 11.8 Å². The first-order valence-electron chi connectivity index (χ1n) is 5.59. The zero-order valence-electron chi connectivity index (χ0n) is 10.7. The predicted molar refractivity (Wildman–Crippen MR) is 72.2 cm³/mol. The minimum Gasteiger partial charge on any atom is -0.508 e. The van der Waals surface area contributed by atoms with Crippen molar-refractivity contribution in [3.8, 4) is 11.5 Å². The third-order valence-electron chi connectivity index (χ3n) is 2.60. The number of methoxy groups -OCH3 is 1. The van der Waals surface area contributed by atoms with E-state index in [2.05, 4.69) is 4.98 Å². The van der Waals surface area contributed by atoms with Crippen molar-refractivity contribution in [3.63, 3.8) is 0 Å². The Balaban J connectivity index is 2.12. The Morgan fingerprint density at radius 1 is 1.44 bits per heavy atom. The molecule has 0 amide bonds. The summed E-state index contributed by atoms with van der Waals surface area (Å²) in [5.74, 6) is 1.70. The van der Waals surface area contributed by atoms with Crippen molar-refractivity contribution >= 4 is 11.8 Å². The fraction of sp³-hybridized carbons (Fsp3) is 0.308. The van der Waals surface area contributed by atoms with Gasteiger partial charge in [-0.15, -0.1) is 0 Å². The Morgan fingerprint density at radius 2 is 2.22 bits per heavy atom. The van der Waals surface area contributed by atoms with Crippen molar-refractivity contribution in [1.29, 1.82) is 0 Å². The second-order valence-corrected chi connectivity index (χ2v) is 5.00. The molecule has 0 unspecified atom stereocenters. The lowest BCUT2D eigenvalue weighted by molar-refractivity contribution is 0.411. The lowest BCUT2D eigenvalue weighted by Crippen LogP contribution is -1.91. The van der Waals surface area contributed by atoms with Crippen LogP contribution >= 0.6 is 11.8 Å². The molecule has 2 aromatic rings. The fourth-order valence-corrected chi connectivity index (χ4v) is 2.66. The van der Waals surface area contributed by atoms with Gasteiger partial charge < -0.3 is 14.4 Å². The summed E-state index contributed by atoms with van der Waals surface area (Å²) in [6, 6.07) is 5.24. The maximum Gasteiger partial charge on any atom is 0.168 e. The fourth-order valence-electron chi connectivity index (χ4n) is 1.67. The molecule has 0 saturated carbocycles. The van der Waals surface area contributed by atoms with Gasteiger partial charge in [0.25, 0.3) is 0 Å². The molecule has 0 fully saturated rings. The van der Waals surface area contributed by atoms with Crippen LogP contribution in [0, 0.1) is 6.92 Å². The molecular weight excluding hydrogens is 248 g/mol. The van der Waals surface area contributed by atoms with Gasteiger partial charge in [-0.25, -0.2) is 4.98 Å². The number of phenolic OH excluding ortho intramolecular Hbond substituents is 1. The van der Waals surface area contributed by atoms with Gasteiger partial charge in [-0.05, 0) is 25.1 Å². The molecule has 0 radical (unpaired) electrons. The summed E-state index contributed by atoms with van der Waals surface area (Å²) < 4.78 is 7.13. The molecule has 0 saturated heterocycles. The van der Waals surface area contributed by atoms with Crippen molar-refractivity contribution in [2.24, 2.45) is 7.05 Å². The summed E-state index contributed by atoms with van der Waals surface area (Å²) in [4.78, 5) is 4.41. The van der Waals surface area contributed by atoms with Crippen molar-refractivity contribution in [2.45, 2.75) is 17.8 Å². The molecule has 1 aromatic heterocycles. The molecule has 0 bridgehead atoms. The van der Waals surface area contributed by atoms with Gasteiger partial charge in [-0.2, -0.15) is 0 Å². The molecule has 1 heterocycles. The van der Waals surface area contributed by atoms with E-state index >= 15 is 0 Å². The van der Waals surface area contributed by atoms with Crippen molar-refractivity contribution in [3.05, 3.63) is 35.7 Å². The lowest BCUT2D eigenvalue weighted by Gasteiger charge is -2.07. The van der Waals surface area contributed by atoms with E-state index in [0.717, 1.165) is 22.2 Å². The first-order valence-corrected chi connectivity index (χ1v) is 6.57. The minimum atomic E-state index is 0.286. The number of hydrogen-bond acceptors (Lipinski definition) is 4. The highest BCUT2D eigenvalue weighted by Gasteiger charge is 2.07. The minimum absolute atomic E-state index is 0.286. The van der Waals surface area contributed by atoms with E-state index in [0.29, 0.717) is 5.75 Å². The highest BCUT2D eigenvalue weighted by atomic mass is 32.2. The molecule has 0 aliphatic rings. The number of nitrogens with zero attached hydrogens (tertiary/aromatic N) is 2. The summed E-state index contributed by atoms with van der Waals surface area (Å²) in [7, 11) is 3.58. The van der Waals surface area contributed by atoms with E-state index in [4.69, 9.17) is 4.74 Å². The molecule has 5 heteroatoms. The molecule has 1 aromatic carbocycles. The highest BCUT2D eigenvalue weighted by Crippen LogP contribution is 2.29. The number of imidazole rings is 1. The molecule has 2 rings (SSSR count). The van der Waals surface area contributed by atoms with Gasteiger partial charge in [0, 0.05) is 24.6 Å². The van der Waals surface area contributed by atoms with E-state index in [1.165, 1.54) is 0 Å². The molecular formula is C13H16N2O2S. The third kappa shape index (κ3) is 2.79. The topological polar surface area (TPSA) is 47.3 Å². The molecule has 0 atom stereocenters. The second kappa shape index (κ2) is 5.35. The Bertz CT molecular complexity index is 552. The highest BCUT2D eigenvalue weighted by molar-refractivity contribution is 7.98. The number of hydrogen-bond donors (Lipinski definition) is 1. The predicted octanol–water partition coefficient (Wildman–Crippen LogP) is 2.74. The van der Waals surface area contributed by atoms with Crippen LogP contribution in [0.4, 0.5) is 0 Å². The zero-order chi connectivity index (χ0) is 13.1. The molecule has 1 N–H and O–H groups in total. The number of ether oxygens (including phenoxy) is 1. The van der Waals surface area contributed by atoms with Crippen LogP contribution in [0.1, 0.15) is 11.3 Å². The zero-order valence-corrected chi connectivity index (χ0v) is 11.5. The number of rotatable bonds is 4. The van der Waals surface area contributed by atoms with Gasteiger partial charge in [-0.3, -0.25) is 0 Å². The number of benzene rings is 1. The first kappa shape index (κ1) is 12.8. The summed E-state index contributed by atoms with van der Waals surface area (Å²) in [5, 5.41) is 10.7. The van der Waals surface area contributed by atoms with E-state index in [-0.39, 0.29) is 5.75 Å². The number of aryl methyl sites for hydroxylation is 2. The summed E-state index contributed by atoms with van der Waals surface area (Å²) in [6.45, 7) is 1.97. The van der Waals surface area contributed by atoms with E-state index in [1.807, 2.05) is 30.8 Å². The second-order valence-electron chi connectivity index (χ2n) is 4.06. The Labute approximate surface area is 111 Å². The first-order chi connectivity index (χ1) is 8.60. The van der Waals surface area contributed by atoms with Gasteiger partial charge in [0.05, 0.1) is 12.8 Å². The SMILES string of the molecule is COc1ccc(O)c(CSc2nc(C)cn2C)c1. The smallest absolute Gasteiger partial charge is 0.168 e. The Morgan fingerprint density at radius 3 is 2.83 bits per heavy atom. The Hall–Kier alpha value is -1.62. The number of phenols is 1. The van der Waals surface area contributed by atoms with Gasteiger partial charge >= 0.3 is 0 Å². The normalized spacial score (nSPS) is 10.6. The molecule has 0 aliphatic heterocycles. The van der Waals surface area contributed by atoms with Crippen LogP contribution in [0.2, 0.25) is 0 Å². The quantitative estimate of drug-likeness (QED) is 0.863. The van der Waals surface area contributed by atoms with Crippen LogP contribution in [0.3, 0.4) is 0 Å². The van der Waals surface area contributed by atoms with Gasteiger partial charge in [0.2, 0.25) is 0 Å². The average Bonchev–Trinajstić information content (AvgIpc) is 2.67. The van der Waals surface area contributed by atoms with E-state index < -0.39 is 0 Å².